The van der Waals surface area contributed by atoms with Crippen LogP contribution in [-0.4, -0.2) is 55.3 Å². The molecule has 2 aromatic heterocycles. The number of carbonyl (C=O) groups is 1. The van der Waals surface area contributed by atoms with Crippen molar-refractivity contribution >= 4 is 29.0 Å². The van der Waals surface area contributed by atoms with Crippen molar-refractivity contribution in [3.05, 3.63) is 52.5 Å². The first-order valence-electron chi connectivity index (χ1n) is 17.1. The summed E-state index contributed by atoms with van der Waals surface area (Å²) in [5, 5.41) is 10.1. The van der Waals surface area contributed by atoms with Gasteiger partial charge >= 0.3 is 0 Å². The summed E-state index contributed by atoms with van der Waals surface area (Å²) in [4.78, 5) is 24.2. The Kier molecular flexibility index (Phi) is 9.90. The highest BCUT2D eigenvalue weighted by Gasteiger charge is 2.38. The first-order chi connectivity index (χ1) is 22.1. The fourth-order valence-electron chi connectivity index (χ4n) is 7.46. The van der Waals surface area contributed by atoms with Crippen LogP contribution in [0.5, 0.6) is 5.75 Å². The highest BCUT2D eigenvalue weighted by Crippen LogP contribution is 2.49. The average Bonchev–Trinajstić information content (AvgIpc) is 3.77. The molecular formula is C37H51N5O3S. The van der Waals surface area contributed by atoms with Gasteiger partial charge in [0.1, 0.15) is 11.6 Å². The van der Waals surface area contributed by atoms with Crippen molar-refractivity contribution in [3.8, 4) is 16.2 Å². The molecule has 3 aliphatic rings. The molecule has 1 saturated carbocycles. The van der Waals surface area contributed by atoms with Crippen LogP contribution in [0.4, 0.5) is 11.8 Å². The molecule has 3 atom stereocenters. The zero-order valence-electron chi connectivity index (χ0n) is 28.2. The van der Waals surface area contributed by atoms with Crippen LogP contribution in [0.1, 0.15) is 99.9 Å². The molecule has 9 heteroatoms. The number of ether oxygens (including phenoxy) is 2. The Labute approximate surface area is 278 Å². The number of rotatable bonds is 11. The van der Waals surface area contributed by atoms with Gasteiger partial charge in [-0.25, -0.2) is 4.98 Å². The van der Waals surface area contributed by atoms with E-state index in [1.165, 1.54) is 24.0 Å². The van der Waals surface area contributed by atoms with E-state index in [1.54, 1.807) is 24.6 Å². The number of nitrogens with zero attached hydrogens (tertiary/aromatic N) is 2. The highest BCUT2D eigenvalue weighted by molar-refractivity contribution is 7.17. The first-order valence-corrected chi connectivity index (χ1v) is 18.0. The monoisotopic (exact) mass is 645 g/mol. The molecule has 1 aromatic carbocycles. The van der Waals surface area contributed by atoms with Crippen molar-refractivity contribution in [2.45, 2.75) is 96.0 Å². The third-order valence-electron chi connectivity index (χ3n) is 10.5. The van der Waals surface area contributed by atoms with Gasteiger partial charge in [0.2, 0.25) is 5.95 Å². The molecule has 8 nitrogen and oxygen atoms in total. The molecule has 1 amide bonds. The lowest BCUT2D eigenvalue weighted by atomic mass is 9.63. The summed E-state index contributed by atoms with van der Waals surface area (Å²) in [5.74, 6) is 3.37. The molecular weight excluding hydrogens is 595 g/mol. The summed E-state index contributed by atoms with van der Waals surface area (Å²) in [6.07, 6.45) is 11.2. The van der Waals surface area contributed by atoms with Gasteiger partial charge in [0.05, 0.1) is 18.1 Å². The van der Waals surface area contributed by atoms with Gasteiger partial charge in [-0.1, -0.05) is 34.1 Å². The number of thiophene rings is 1. The quantitative estimate of drug-likeness (QED) is 0.196. The van der Waals surface area contributed by atoms with Crippen LogP contribution in [-0.2, 0) is 15.6 Å². The maximum atomic E-state index is 13.3. The Hall–Kier alpha value is -3.17. The first kappa shape index (κ1) is 32.8. The number of nitrogens with one attached hydrogen (secondary N) is 3. The minimum absolute atomic E-state index is 0.00982. The molecule has 0 spiro atoms. The van der Waals surface area contributed by atoms with Crippen LogP contribution in [0, 0.1) is 11.8 Å². The molecule has 3 unspecified atom stereocenters. The maximum absolute atomic E-state index is 13.3. The standard InChI is InChI=1S/C37H51N5O3S/c1-36(2)14-15-37(3,4)29-20-30(44-5)27(19-28(29)36)31-11-12-32(46-31)34(43)40-21-24-8-6-9-25(18-24)22-41-35-38-16-13-33(42-35)39-23-26-10-7-17-45-26/h11-13,16,19-20,24-26H,6-10,14-15,17-18,21-23H2,1-5H3,(H,40,43)(H2,38,39,41,42). The largest absolute Gasteiger partial charge is 0.496 e. The molecule has 3 heterocycles. The number of anilines is 2. The highest BCUT2D eigenvalue weighted by atomic mass is 32.1. The fourth-order valence-corrected chi connectivity index (χ4v) is 8.40. The number of hydrogen-bond acceptors (Lipinski definition) is 8. The van der Waals surface area contributed by atoms with E-state index in [0.29, 0.717) is 24.3 Å². The van der Waals surface area contributed by atoms with Crippen molar-refractivity contribution in [1.82, 2.24) is 15.3 Å². The Balaban J connectivity index is 1.02. The van der Waals surface area contributed by atoms with Crippen LogP contribution >= 0.6 is 11.3 Å². The lowest BCUT2D eigenvalue weighted by Gasteiger charge is -2.42. The summed E-state index contributed by atoms with van der Waals surface area (Å²) in [6.45, 7) is 12.5. The van der Waals surface area contributed by atoms with Crippen LogP contribution in [0.3, 0.4) is 0 Å². The second-order valence-electron chi connectivity index (χ2n) is 14.8. The number of amides is 1. The third-order valence-corrected chi connectivity index (χ3v) is 11.6. The van der Waals surface area contributed by atoms with E-state index in [4.69, 9.17) is 9.47 Å². The molecule has 46 heavy (non-hydrogen) atoms. The SMILES string of the molecule is COc1cc2c(cc1-c1ccc(C(=O)NCC3CCCC(CNc4nccc(NCC5CCCO5)n4)C3)s1)C(C)(C)CCC2(C)C. The Morgan fingerprint density at radius 3 is 2.46 bits per heavy atom. The van der Waals surface area contributed by atoms with Gasteiger partial charge in [0.25, 0.3) is 5.91 Å². The molecule has 1 saturated heterocycles. The second kappa shape index (κ2) is 13.9. The number of methoxy groups -OCH3 is 1. The number of benzene rings is 1. The summed E-state index contributed by atoms with van der Waals surface area (Å²) in [7, 11) is 1.75. The predicted octanol–water partition coefficient (Wildman–Crippen LogP) is 7.80. The van der Waals surface area contributed by atoms with Gasteiger partial charge in [-0.05, 0) is 109 Å². The molecule has 3 N–H and O–H groups in total. The molecule has 6 rings (SSSR count). The van der Waals surface area contributed by atoms with E-state index in [0.717, 1.165) is 85.1 Å². The van der Waals surface area contributed by atoms with Crippen LogP contribution in [0.25, 0.3) is 10.4 Å². The molecule has 0 radical (unpaired) electrons. The Morgan fingerprint density at radius 1 is 0.957 bits per heavy atom. The van der Waals surface area contributed by atoms with E-state index in [-0.39, 0.29) is 22.8 Å². The minimum Gasteiger partial charge on any atom is -0.496 e. The topological polar surface area (TPSA) is 97.4 Å². The zero-order valence-corrected chi connectivity index (χ0v) is 29.0. The van der Waals surface area contributed by atoms with Crippen LogP contribution in [0.2, 0.25) is 0 Å². The van der Waals surface area contributed by atoms with E-state index in [1.807, 2.05) is 12.1 Å². The second-order valence-corrected chi connectivity index (χ2v) is 15.9. The van der Waals surface area contributed by atoms with Gasteiger partial charge in [-0.3, -0.25) is 4.79 Å². The number of aromatic nitrogens is 2. The molecule has 0 bridgehead atoms. The third kappa shape index (κ3) is 7.52. The van der Waals surface area contributed by atoms with Gasteiger partial charge in [-0.2, -0.15) is 4.98 Å². The molecule has 3 aromatic rings. The van der Waals surface area contributed by atoms with Crippen molar-refractivity contribution in [2.75, 3.05) is 44.0 Å². The normalized spacial score (nSPS) is 23.4. The summed E-state index contributed by atoms with van der Waals surface area (Å²) < 4.78 is 11.6. The van der Waals surface area contributed by atoms with Crippen LogP contribution < -0.4 is 20.7 Å². The van der Waals surface area contributed by atoms with Gasteiger partial charge in [0, 0.05) is 42.9 Å². The lowest BCUT2D eigenvalue weighted by Crippen LogP contribution is -2.33. The summed E-state index contributed by atoms with van der Waals surface area (Å²) >= 11 is 1.55. The van der Waals surface area contributed by atoms with Crippen molar-refractivity contribution in [3.63, 3.8) is 0 Å². The molecule has 1 aliphatic heterocycles. The van der Waals surface area contributed by atoms with Crippen molar-refractivity contribution in [2.24, 2.45) is 11.8 Å². The number of hydrogen-bond donors (Lipinski definition) is 3. The number of carbonyl (C=O) groups excluding carboxylic acids is 1. The molecule has 2 fully saturated rings. The van der Waals surface area contributed by atoms with E-state index < -0.39 is 0 Å². The van der Waals surface area contributed by atoms with Gasteiger partial charge in [-0.15, -0.1) is 11.3 Å². The Morgan fingerprint density at radius 2 is 1.72 bits per heavy atom. The van der Waals surface area contributed by atoms with Gasteiger partial charge in [0.15, 0.2) is 0 Å². The van der Waals surface area contributed by atoms with E-state index >= 15 is 0 Å². The van der Waals surface area contributed by atoms with Gasteiger partial charge < -0.3 is 25.4 Å². The average molecular weight is 646 g/mol. The van der Waals surface area contributed by atoms with Crippen molar-refractivity contribution < 1.29 is 14.3 Å². The summed E-state index contributed by atoms with van der Waals surface area (Å²) in [5.41, 5.74) is 4.07. The molecule has 248 valence electrons. The smallest absolute Gasteiger partial charge is 0.261 e. The Bertz CT molecular complexity index is 1510. The van der Waals surface area contributed by atoms with Crippen molar-refractivity contribution in [1.29, 1.82) is 0 Å². The zero-order chi connectivity index (χ0) is 32.3. The minimum atomic E-state index is 0.00982. The predicted molar refractivity (Wildman–Crippen MR) is 187 cm³/mol. The van der Waals surface area contributed by atoms with E-state index in [9.17, 15) is 4.79 Å². The fraction of sp³-hybridized carbons (Fsp3) is 0.595. The summed E-state index contributed by atoms with van der Waals surface area (Å²) in [6, 6.07) is 10.5. The maximum Gasteiger partial charge on any atom is 0.261 e. The molecule has 2 aliphatic carbocycles. The van der Waals surface area contributed by atoms with Crippen LogP contribution in [0.15, 0.2) is 36.5 Å². The number of fused-ring (bicyclic) bond motifs is 1. The van der Waals surface area contributed by atoms with E-state index in [2.05, 4.69) is 71.8 Å². The lowest BCUT2D eigenvalue weighted by molar-refractivity contribution is 0.0944.